The lowest BCUT2D eigenvalue weighted by atomic mass is 10.0. The molecule has 3 atom stereocenters. The molecule has 6 heteroatoms. The second-order valence-electron chi connectivity index (χ2n) is 11.3. The number of carbonyl (C=O) groups is 2. The van der Waals surface area contributed by atoms with Gasteiger partial charge in [0.05, 0.1) is 0 Å². The summed E-state index contributed by atoms with van der Waals surface area (Å²) in [6.45, 7) is 6.71. The van der Waals surface area contributed by atoms with Crippen LogP contribution in [0.5, 0.6) is 0 Å². The molecule has 6 nitrogen and oxygen atoms in total. The Morgan fingerprint density at radius 2 is 1.59 bits per heavy atom. The third-order valence-electron chi connectivity index (χ3n) is 6.85. The first-order valence-corrected chi connectivity index (χ1v) is 14.0. The molecular formula is C33H41N3O3. The molecule has 4 rings (SSSR count). The van der Waals surface area contributed by atoms with Crippen LogP contribution in [0.2, 0.25) is 0 Å². The number of amides is 2. The minimum Gasteiger partial charge on any atom is -0.444 e. The van der Waals surface area contributed by atoms with E-state index < -0.39 is 17.7 Å². The van der Waals surface area contributed by atoms with Crippen LogP contribution in [0.25, 0.3) is 11.1 Å². The molecule has 1 aliphatic carbocycles. The summed E-state index contributed by atoms with van der Waals surface area (Å²) in [5.41, 5.74) is 3.99. The summed E-state index contributed by atoms with van der Waals surface area (Å²) in [7, 11) is 0. The van der Waals surface area contributed by atoms with Crippen molar-refractivity contribution < 1.29 is 14.3 Å². The SMILES string of the molecule is CC(C)(C)OC(=O)NC(CCCCN[C@@H]1C[C@H]1c1ccccc1)C(=O)NCc1cccc(-c2ccccc2)c1. The summed E-state index contributed by atoms with van der Waals surface area (Å²) in [6.07, 6.45) is 2.88. The molecule has 0 spiro atoms. The molecule has 3 aromatic rings. The van der Waals surface area contributed by atoms with E-state index in [0.29, 0.717) is 24.9 Å². The minimum atomic E-state index is -0.657. The molecule has 0 heterocycles. The monoisotopic (exact) mass is 527 g/mol. The molecule has 0 radical (unpaired) electrons. The second-order valence-corrected chi connectivity index (χ2v) is 11.3. The molecule has 0 aromatic heterocycles. The fraction of sp³-hybridized carbons (Fsp3) is 0.394. The maximum absolute atomic E-state index is 13.2. The van der Waals surface area contributed by atoms with Crippen molar-refractivity contribution in [3.8, 4) is 11.1 Å². The highest BCUT2D eigenvalue weighted by molar-refractivity contribution is 5.85. The van der Waals surface area contributed by atoms with Gasteiger partial charge >= 0.3 is 6.09 Å². The molecule has 3 N–H and O–H groups in total. The fourth-order valence-electron chi connectivity index (χ4n) is 4.77. The highest BCUT2D eigenvalue weighted by Crippen LogP contribution is 2.40. The largest absolute Gasteiger partial charge is 0.444 e. The van der Waals surface area contributed by atoms with E-state index in [1.54, 1.807) is 0 Å². The summed E-state index contributed by atoms with van der Waals surface area (Å²) < 4.78 is 5.42. The molecule has 0 aliphatic heterocycles. The minimum absolute atomic E-state index is 0.203. The molecule has 39 heavy (non-hydrogen) atoms. The Balaban J connectivity index is 1.26. The number of hydrogen-bond donors (Lipinski definition) is 3. The van der Waals surface area contributed by atoms with E-state index in [1.807, 2.05) is 57.2 Å². The number of carbonyl (C=O) groups excluding carboxylic acids is 2. The number of hydrogen-bond acceptors (Lipinski definition) is 4. The normalized spacial score (nSPS) is 17.2. The Morgan fingerprint density at radius 3 is 2.31 bits per heavy atom. The highest BCUT2D eigenvalue weighted by atomic mass is 16.6. The smallest absolute Gasteiger partial charge is 0.408 e. The number of nitrogens with one attached hydrogen (secondary N) is 3. The van der Waals surface area contributed by atoms with E-state index in [-0.39, 0.29) is 5.91 Å². The Kier molecular flexibility index (Phi) is 9.77. The molecule has 1 unspecified atom stereocenters. The van der Waals surface area contributed by atoms with Gasteiger partial charge in [0.25, 0.3) is 0 Å². The first-order chi connectivity index (χ1) is 18.8. The van der Waals surface area contributed by atoms with Crippen LogP contribution in [-0.4, -0.2) is 36.2 Å². The van der Waals surface area contributed by atoms with Crippen LogP contribution in [0, 0.1) is 0 Å². The zero-order chi connectivity index (χ0) is 27.7. The van der Waals surface area contributed by atoms with Crippen molar-refractivity contribution in [2.75, 3.05) is 6.54 Å². The van der Waals surface area contributed by atoms with E-state index in [1.165, 1.54) is 12.0 Å². The molecule has 3 aromatic carbocycles. The number of benzene rings is 3. The molecule has 2 amide bonds. The van der Waals surface area contributed by atoms with Crippen LogP contribution >= 0.6 is 0 Å². The van der Waals surface area contributed by atoms with Crippen molar-refractivity contribution in [3.05, 3.63) is 96.1 Å². The summed E-state index contributed by atoms with van der Waals surface area (Å²) in [5, 5.41) is 9.44. The van der Waals surface area contributed by atoms with E-state index in [9.17, 15) is 9.59 Å². The van der Waals surface area contributed by atoms with Gasteiger partial charge in [0.2, 0.25) is 5.91 Å². The van der Waals surface area contributed by atoms with Crippen molar-refractivity contribution in [3.63, 3.8) is 0 Å². The van der Waals surface area contributed by atoms with E-state index in [2.05, 4.69) is 64.5 Å². The number of alkyl carbamates (subject to hydrolysis) is 1. The van der Waals surface area contributed by atoms with Crippen LogP contribution in [-0.2, 0) is 16.1 Å². The first kappa shape index (κ1) is 28.4. The van der Waals surface area contributed by atoms with E-state index >= 15 is 0 Å². The Hall–Kier alpha value is -3.64. The average Bonchev–Trinajstić information content (AvgIpc) is 3.70. The topological polar surface area (TPSA) is 79.5 Å². The maximum atomic E-state index is 13.2. The standard InChI is InChI=1S/C33H41N3O3/c1-33(2,3)39-32(38)36-29(19-10-11-20-34-30-22-28(30)26-16-8-5-9-17-26)31(37)35-23-24-13-12-18-27(21-24)25-14-6-4-7-15-25/h4-9,12-18,21,28-30,34H,10-11,19-20,22-23H2,1-3H3,(H,35,37)(H,36,38)/t28-,29?,30+/m0/s1. The Labute approximate surface area is 232 Å². The van der Waals surface area contributed by atoms with Gasteiger partial charge in [-0.25, -0.2) is 4.79 Å². The lowest BCUT2D eigenvalue weighted by molar-refractivity contribution is -0.123. The van der Waals surface area contributed by atoms with Gasteiger partial charge in [0.15, 0.2) is 0 Å². The van der Waals surface area contributed by atoms with Crippen LogP contribution in [0.15, 0.2) is 84.9 Å². The predicted molar refractivity (Wildman–Crippen MR) is 156 cm³/mol. The summed E-state index contributed by atoms with van der Waals surface area (Å²) in [4.78, 5) is 25.6. The van der Waals surface area contributed by atoms with Gasteiger partial charge in [-0.1, -0.05) is 78.9 Å². The van der Waals surface area contributed by atoms with Gasteiger partial charge < -0.3 is 20.7 Å². The summed E-state index contributed by atoms with van der Waals surface area (Å²) >= 11 is 0. The molecule has 0 bridgehead atoms. The van der Waals surface area contributed by atoms with Crippen molar-refractivity contribution in [2.45, 2.75) is 76.6 Å². The van der Waals surface area contributed by atoms with Gasteiger partial charge in [0.1, 0.15) is 11.6 Å². The maximum Gasteiger partial charge on any atom is 0.408 e. The van der Waals surface area contributed by atoms with Crippen LogP contribution in [0.1, 0.15) is 63.5 Å². The average molecular weight is 528 g/mol. The fourth-order valence-corrected chi connectivity index (χ4v) is 4.77. The Bertz CT molecular complexity index is 1210. The van der Waals surface area contributed by atoms with Crippen molar-refractivity contribution in [1.29, 1.82) is 0 Å². The zero-order valence-corrected chi connectivity index (χ0v) is 23.3. The van der Waals surface area contributed by atoms with Crippen LogP contribution in [0.3, 0.4) is 0 Å². The van der Waals surface area contributed by atoms with Gasteiger partial charge in [-0.05, 0) is 81.3 Å². The number of ether oxygens (including phenoxy) is 1. The molecule has 1 aliphatic rings. The summed E-state index contributed by atoms with van der Waals surface area (Å²) in [6, 6.07) is 28.8. The summed E-state index contributed by atoms with van der Waals surface area (Å²) in [5.74, 6) is 0.393. The number of rotatable bonds is 12. The lowest BCUT2D eigenvalue weighted by Gasteiger charge is -2.23. The zero-order valence-electron chi connectivity index (χ0n) is 23.3. The highest BCUT2D eigenvalue weighted by Gasteiger charge is 2.37. The number of unbranched alkanes of at least 4 members (excludes halogenated alkanes) is 1. The predicted octanol–water partition coefficient (Wildman–Crippen LogP) is 6.18. The van der Waals surface area contributed by atoms with Gasteiger partial charge in [-0.3, -0.25) is 4.79 Å². The van der Waals surface area contributed by atoms with E-state index in [0.717, 1.165) is 36.1 Å². The molecule has 1 fully saturated rings. The quantitative estimate of drug-likeness (QED) is 0.246. The van der Waals surface area contributed by atoms with Gasteiger partial charge in [0, 0.05) is 18.5 Å². The van der Waals surface area contributed by atoms with Gasteiger partial charge in [-0.15, -0.1) is 0 Å². The second kappa shape index (κ2) is 13.4. The molecule has 0 saturated heterocycles. The lowest BCUT2D eigenvalue weighted by Crippen LogP contribution is -2.48. The van der Waals surface area contributed by atoms with E-state index in [4.69, 9.17) is 4.74 Å². The third kappa shape index (κ3) is 9.25. The van der Waals surface area contributed by atoms with Crippen molar-refractivity contribution in [1.82, 2.24) is 16.0 Å². The molecule has 206 valence electrons. The van der Waals surface area contributed by atoms with Crippen LogP contribution < -0.4 is 16.0 Å². The molecule has 1 saturated carbocycles. The van der Waals surface area contributed by atoms with Crippen molar-refractivity contribution in [2.24, 2.45) is 0 Å². The first-order valence-electron chi connectivity index (χ1n) is 14.0. The van der Waals surface area contributed by atoms with Gasteiger partial charge in [-0.2, -0.15) is 0 Å². The third-order valence-corrected chi connectivity index (χ3v) is 6.85. The molecular weight excluding hydrogens is 486 g/mol. The van der Waals surface area contributed by atoms with Crippen molar-refractivity contribution >= 4 is 12.0 Å². The Morgan fingerprint density at radius 1 is 0.897 bits per heavy atom. The van der Waals surface area contributed by atoms with Crippen LogP contribution in [0.4, 0.5) is 4.79 Å².